The molecule has 1 rings (SSSR count). The molecule has 1 saturated heterocycles. The Labute approximate surface area is 69.4 Å². The van der Waals surface area contributed by atoms with Crippen LogP contribution in [0, 0.1) is 0 Å². The fraction of sp³-hybridized carbons (Fsp3) is 1.00. The third-order valence-electron chi connectivity index (χ3n) is 2.74. The maximum Gasteiger partial charge on any atom is 0.0875 e. The lowest BCUT2D eigenvalue weighted by Crippen LogP contribution is -2.48. The highest BCUT2D eigenvalue weighted by Crippen LogP contribution is 2.16. The lowest BCUT2D eigenvalue weighted by atomic mass is 10.1. The van der Waals surface area contributed by atoms with Crippen LogP contribution < -0.4 is 0 Å². The first-order valence-electron chi connectivity index (χ1n) is 4.68. The van der Waals surface area contributed by atoms with Crippen LogP contribution in [0.5, 0.6) is 0 Å². The van der Waals surface area contributed by atoms with Crippen molar-refractivity contribution >= 4 is 0 Å². The Morgan fingerprint density at radius 3 is 2.36 bits per heavy atom. The maximum atomic E-state index is 10.3. The summed E-state index contributed by atoms with van der Waals surface area (Å²) in [5.41, 5.74) is 0. The Balaban J connectivity index is 2.25. The molecule has 1 radical (unpaired) electrons. The van der Waals surface area contributed by atoms with E-state index >= 15 is 0 Å². The summed E-state index contributed by atoms with van der Waals surface area (Å²) in [6.45, 7) is 3.79. The Kier molecular flexibility index (Phi) is 3.34. The number of piperidine rings is 1. The van der Waals surface area contributed by atoms with Gasteiger partial charge in [-0.25, -0.2) is 5.11 Å². The fourth-order valence-corrected chi connectivity index (χ4v) is 1.95. The van der Waals surface area contributed by atoms with Crippen LogP contribution in [-0.4, -0.2) is 37.8 Å². The summed E-state index contributed by atoms with van der Waals surface area (Å²) in [5.74, 6) is 0. The quantitative estimate of drug-likeness (QED) is 0.552. The van der Waals surface area contributed by atoms with Crippen LogP contribution in [0.3, 0.4) is 0 Å². The largest absolute Gasteiger partial charge is 0.326 e. The molecule has 0 atom stereocenters. The van der Waals surface area contributed by atoms with E-state index in [1.54, 1.807) is 0 Å². The summed E-state index contributed by atoms with van der Waals surface area (Å²) in [5, 5.41) is 10.3. The van der Waals surface area contributed by atoms with Crippen LogP contribution in [0.4, 0.5) is 0 Å². The number of nitrogens with zero attached hydrogens (tertiary/aromatic N) is 1. The van der Waals surface area contributed by atoms with Gasteiger partial charge >= 0.3 is 0 Å². The van der Waals surface area contributed by atoms with Crippen molar-refractivity contribution in [3.05, 3.63) is 0 Å². The van der Waals surface area contributed by atoms with Crippen LogP contribution in [0.1, 0.15) is 25.7 Å². The zero-order chi connectivity index (χ0) is 8.16. The first-order chi connectivity index (χ1) is 5.27. The SMILES string of the molecule is C[N+]1(CCC[O])CCCCC1. The Bertz CT molecular complexity index is 108. The van der Waals surface area contributed by atoms with Crippen molar-refractivity contribution < 1.29 is 9.59 Å². The standard InChI is InChI=1S/C9H19NO/c1-10(8-5-9-11)6-3-2-4-7-10/h2-9H2,1H3/q+1. The first kappa shape index (κ1) is 9.01. The van der Waals surface area contributed by atoms with Crippen LogP contribution >= 0.6 is 0 Å². The van der Waals surface area contributed by atoms with Crippen LogP contribution in [-0.2, 0) is 5.11 Å². The van der Waals surface area contributed by atoms with Crippen LogP contribution in [0.25, 0.3) is 0 Å². The summed E-state index contributed by atoms with van der Waals surface area (Å²) in [6.07, 6.45) is 4.96. The topological polar surface area (TPSA) is 19.9 Å². The highest BCUT2D eigenvalue weighted by molar-refractivity contribution is 4.51. The number of hydrogen-bond acceptors (Lipinski definition) is 0. The van der Waals surface area contributed by atoms with Gasteiger partial charge in [0.2, 0.25) is 0 Å². The predicted octanol–water partition coefficient (Wildman–Crippen LogP) is 1.44. The first-order valence-corrected chi connectivity index (χ1v) is 4.68. The molecule has 2 nitrogen and oxygen atoms in total. The van der Waals surface area contributed by atoms with Gasteiger partial charge in [-0.05, 0) is 19.3 Å². The van der Waals surface area contributed by atoms with Gasteiger partial charge in [0.05, 0.1) is 33.3 Å². The molecule has 0 saturated carbocycles. The summed E-state index contributed by atoms with van der Waals surface area (Å²) >= 11 is 0. The molecule has 0 N–H and O–H groups in total. The second kappa shape index (κ2) is 4.07. The minimum atomic E-state index is 0.105. The van der Waals surface area contributed by atoms with E-state index in [9.17, 15) is 5.11 Å². The smallest absolute Gasteiger partial charge is 0.0875 e. The van der Waals surface area contributed by atoms with E-state index in [4.69, 9.17) is 0 Å². The van der Waals surface area contributed by atoms with E-state index in [2.05, 4.69) is 7.05 Å². The maximum absolute atomic E-state index is 10.3. The van der Waals surface area contributed by atoms with Crippen molar-refractivity contribution in [2.75, 3.05) is 33.3 Å². The summed E-state index contributed by atoms with van der Waals surface area (Å²) in [4.78, 5) is 0. The molecule has 0 aromatic rings. The van der Waals surface area contributed by atoms with E-state index in [0.29, 0.717) is 0 Å². The molecule has 0 aromatic carbocycles. The zero-order valence-electron chi connectivity index (χ0n) is 7.51. The highest BCUT2D eigenvalue weighted by atomic mass is 16.3. The van der Waals surface area contributed by atoms with Crippen molar-refractivity contribution in [2.45, 2.75) is 25.7 Å². The average molecular weight is 157 g/mol. The van der Waals surface area contributed by atoms with E-state index in [1.165, 1.54) is 32.4 Å². The second-order valence-electron chi connectivity index (χ2n) is 3.91. The van der Waals surface area contributed by atoms with Gasteiger partial charge in [0, 0.05) is 6.42 Å². The van der Waals surface area contributed by atoms with Crippen molar-refractivity contribution in [1.82, 2.24) is 0 Å². The van der Waals surface area contributed by atoms with Crippen molar-refractivity contribution in [2.24, 2.45) is 0 Å². The van der Waals surface area contributed by atoms with Gasteiger partial charge in [0.1, 0.15) is 0 Å². The molecular weight excluding hydrogens is 138 g/mol. The number of rotatable bonds is 3. The molecule has 65 valence electrons. The van der Waals surface area contributed by atoms with E-state index in [0.717, 1.165) is 17.4 Å². The van der Waals surface area contributed by atoms with Crippen molar-refractivity contribution in [1.29, 1.82) is 0 Å². The van der Waals surface area contributed by atoms with E-state index in [-0.39, 0.29) is 6.61 Å². The Morgan fingerprint density at radius 1 is 1.18 bits per heavy atom. The molecule has 0 aromatic heterocycles. The molecule has 11 heavy (non-hydrogen) atoms. The molecular formula is C9H19NO+. The molecule has 0 amide bonds. The molecule has 1 aliphatic heterocycles. The monoisotopic (exact) mass is 157 g/mol. The molecule has 0 unspecified atom stereocenters. The lowest BCUT2D eigenvalue weighted by Gasteiger charge is -2.37. The van der Waals surface area contributed by atoms with Gasteiger partial charge in [0.15, 0.2) is 0 Å². The normalized spacial score (nSPS) is 23.5. The lowest BCUT2D eigenvalue weighted by molar-refractivity contribution is -0.914. The highest BCUT2D eigenvalue weighted by Gasteiger charge is 2.23. The third-order valence-corrected chi connectivity index (χ3v) is 2.74. The molecule has 1 aliphatic rings. The molecule has 1 fully saturated rings. The minimum Gasteiger partial charge on any atom is -0.326 e. The molecule has 0 aliphatic carbocycles. The average Bonchev–Trinajstić information content (AvgIpc) is 2.03. The van der Waals surface area contributed by atoms with Crippen molar-refractivity contribution in [3.8, 4) is 0 Å². The number of hydrogen-bond donors (Lipinski definition) is 0. The van der Waals surface area contributed by atoms with Gasteiger partial charge in [-0.2, -0.15) is 0 Å². The van der Waals surface area contributed by atoms with Gasteiger partial charge < -0.3 is 4.48 Å². The van der Waals surface area contributed by atoms with E-state index < -0.39 is 0 Å². The molecule has 1 heterocycles. The molecule has 0 bridgehead atoms. The predicted molar refractivity (Wildman–Crippen MR) is 44.8 cm³/mol. The van der Waals surface area contributed by atoms with Gasteiger partial charge in [-0.15, -0.1) is 0 Å². The Morgan fingerprint density at radius 2 is 1.82 bits per heavy atom. The van der Waals surface area contributed by atoms with E-state index in [1.807, 2.05) is 0 Å². The number of quaternary nitrogens is 1. The van der Waals surface area contributed by atoms with Gasteiger partial charge in [-0.1, -0.05) is 0 Å². The second-order valence-corrected chi connectivity index (χ2v) is 3.91. The van der Waals surface area contributed by atoms with Gasteiger partial charge in [-0.3, -0.25) is 0 Å². The third kappa shape index (κ3) is 2.80. The molecule has 2 heteroatoms. The van der Waals surface area contributed by atoms with Gasteiger partial charge in [0.25, 0.3) is 0 Å². The minimum absolute atomic E-state index is 0.105. The number of likely N-dealkylation sites (tertiary alicyclic amines) is 1. The molecule has 0 spiro atoms. The summed E-state index contributed by atoms with van der Waals surface area (Å²) < 4.78 is 1.16. The Hall–Kier alpha value is -0.0800. The summed E-state index contributed by atoms with van der Waals surface area (Å²) in [6, 6.07) is 0. The zero-order valence-corrected chi connectivity index (χ0v) is 7.51. The van der Waals surface area contributed by atoms with Crippen molar-refractivity contribution in [3.63, 3.8) is 0 Å². The fourth-order valence-electron chi connectivity index (χ4n) is 1.95. The summed E-state index contributed by atoms with van der Waals surface area (Å²) in [7, 11) is 2.29. The van der Waals surface area contributed by atoms with Crippen LogP contribution in [0.15, 0.2) is 0 Å². The van der Waals surface area contributed by atoms with Crippen LogP contribution in [0.2, 0.25) is 0 Å².